The minimum atomic E-state index is -3.49. The Balaban J connectivity index is 1.60. The second-order valence-corrected chi connectivity index (χ2v) is 19.9. The van der Waals surface area contributed by atoms with Gasteiger partial charge in [-0.2, -0.15) is 0 Å². The zero-order chi connectivity index (χ0) is 37.2. The smallest absolute Gasteiger partial charge is 0.315 e. The number of hydrogen-bond acceptors (Lipinski definition) is 7. The van der Waals surface area contributed by atoms with Crippen molar-refractivity contribution in [3.63, 3.8) is 0 Å². The normalized spacial score (nSPS) is 25.9. The van der Waals surface area contributed by atoms with Gasteiger partial charge in [0.1, 0.15) is 6.04 Å². The van der Waals surface area contributed by atoms with Crippen LogP contribution in [0.1, 0.15) is 125 Å². The van der Waals surface area contributed by atoms with Crippen LogP contribution in [0.3, 0.4) is 0 Å². The molecular formula is C38H64N4O7S. The van der Waals surface area contributed by atoms with Crippen LogP contribution in [-0.2, 0) is 29.2 Å². The summed E-state index contributed by atoms with van der Waals surface area (Å²) in [5, 5.41) is 6.00. The van der Waals surface area contributed by atoms with Gasteiger partial charge in [0.2, 0.25) is 21.7 Å². The van der Waals surface area contributed by atoms with Crippen molar-refractivity contribution in [3.05, 3.63) is 0 Å². The first-order chi connectivity index (χ1) is 23.2. The number of ketones is 3. The number of hydrogen-bond donors (Lipinski definition) is 2. The molecule has 3 saturated carbocycles. The maximum atomic E-state index is 14.8. The number of sulfonamides is 1. The lowest BCUT2D eigenvalue weighted by Crippen LogP contribution is -2.60. The highest BCUT2D eigenvalue weighted by molar-refractivity contribution is 7.88. The Labute approximate surface area is 300 Å². The third-order valence-corrected chi connectivity index (χ3v) is 13.6. The SMILES string of the molecule is CCCC(CC(=O)[C@@H]1[C@H]2CCC(C)(C)[C@H]2CN1C(=O)[C@@H](NC(=O)N[C@H](CN(C)S(C)(=O)=O)C(C)(C)C)C1CCCCC1)C(=O)C(=O)CC1CC1. The number of likely N-dealkylation sites (N-methyl/N-ethyl adjacent to an activating group) is 1. The Bertz CT molecular complexity index is 1380. The number of urea groups is 1. The molecule has 1 heterocycles. The van der Waals surface area contributed by atoms with E-state index >= 15 is 0 Å². The quantitative estimate of drug-likeness (QED) is 0.210. The minimum absolute atomic E-state index is 0.0429. The fourth-order valence-corrected chi connectivity index (χ4v) is 9.13. The zero-order valence-corrected chi connectivity index (χ0v) is 32.7. The maximum Gasteiger partial charge on any atom is 0.315 e. The van der Waals surface area contributed by atoms with Crippen LogP contribution in [0.15, 0.2) is 0 Å². The summed E-state index contributed by atoms with van der Waals surface area (Å²) in [6.07, 6.45) is 10.6. The molecule has 0 aromatic heterocycles. The first-order valence-corrected chi connectivity index (χ1v) is 21.0. The molecule has 1 aliphatic heterocycles. The lowest BCUT2D eigenvalue weighted by Gasteiger charge is -2.37. The molecule has 6 atom stereocenters. The predicted octanol–water partition coefficient (Wildman–Crippen LogP) is 5.12. The molecular weight excluding hydrogens is 657 g/mol. The van der Waals surface area contributed by atoms with E-state index in [9.17, 15) is 32.4 Å². The summed E-state index contributed by atoms with van der Waals surface area (Å²) in [5.41, 5.74) is -0.559. The lowest BCUT2D eigenvalue weighted by molar-refractivity contribution is -0.143. The number of fused-ring (bicyclic) bond motifs is 1. The molecule has 4 rings (SSSR count). The van der Waals surface area contributed by atoms with Crippen molar-refractivity contribution in [3.8, 4) is 0 Å². The zero-order valence-electron chi connectivity index (χ0n) is 31.9. The van der Waals surface area contributed by atoms with Crippen molar-refractivity contribution in [1.82, 2.24) is 19.8 Å². The molecule has 3 amide bonds. The van der Waals surface area contributed by atoms with E-state index in [0.29, 0.717) is 19.4 Å². The molecule has 0 bridgehead atoms. The largest absolute Gasteiger partial charge is 0.334 e. The van der Waals surface area contributed by atoms with Gasteiger partial charge in [-0.05, 0) is 79.4 Å². The van der Waals surface area contributed by atoms with Crippen molar-refractivity contribution in [1.29, 1.82) is 0 Å². The maximum absolute atomic E-state index is 14.8. The summed E-state index contributed by atoms with van der Waals surface area (Å²) in [7, 11) is -2.01. The van der Waals surface area contributed by atoms with Crippen LogP contribution in [0, 0.1) is 40.4 Å². The van der Waals surface area contributed by atoms with Gasteiger partial charge in [0.15, 0.2) is 11.6 Å². The summed E-state index contributed by atoms with van der Waals surface area (Å²) in [6.45, 7) is 12.6. The average Bonchev–Trinajstić information content (AvgIpc) is 3.68. The van der Waals surface area contributed by atoms with Crippen LogP contribution in [0.2, 0.25) is 0 Å². The molecule has 4 aliphatic rings. The van der Waals surface area contributed by atoms with Crippen LogP contribution in [0.4, 0.5) is 4.79 Å². The van der Waals surface area contributed by atoms with E-state index in [2.05, 4.69) is 24.5 Å². The monoisotopic (exact) mass is 720 g/mol. The number of nitrogens with zero attached hydrogens (tertiary/aromatic N) is 2. The predicted molar refractivity (Wildman–Crippen MR) is 194 cm³/mol. The van der Waals surface area contributed by atoms with E-state index in [0.717, 1.165) is 64.0 Å². The first kappa shape index (κ1) is 40.4. The number of rotatable bonds is 16. The average molecular weight is 721 g/mol. The molecule has 4 fully saturated rings. The van der Waals surface area contributed by atoms with E-state index < -0.39 is 51.3 Å². The van der Waals surface area contributed by atoms with Gasteiger partial charge in [0.25, 0.3) is 0 Å². The van der Waals surface area contributed by atoms with E-state index in [1.54, 1.807) is 4.90 Å². The number of likely N-dealkylation sites (tertiary alicyclic amines) is 1. The highest BCUT2D eigenvalue weighted by Gasteiger charge is 2.57. The molecule has 2 N–H and O–H groups in total. The molecule has 0 aromatic carbocycles. The van der Waals surface area contributed by atoms with Gasteiger partial charge in [-0.1, -0.05) is 67.2 Å². The van der Waals surface area contributed by atoms with Crippen molar-refractivity contribution in [2.45, 2.75) is 143 Å². The standard InChI is InChI=1S/C38H64N4O7S/c1-9-13-26(34(45)30(44)20-24-16-17-24)21-29(43)33-27-18-19-38(5,6)28(27)22-42(33)35(46)32(25-14-11-10-12-15-25)40-36(47)39-31(37(2,3)4)23-41(7)50(8,48)49/h24-28,31-33H,9-23H2,1-8H3,(H2,39,40,47)/t26?,27-,28-,31+,32-,33-/m0/s1. The topological polar surface area (TPSA) is 150 Å². The van der Waals surface area contributed by atoms with Gasteiger partial charge in [-0.15, -0.1) is 0 Å². The van der Waals surface area contributed by atoms with E-state index in [-0.39, 0.29) is 65.9 Å². The van der Waals surface area contributed by atoms with Crippen LogP contribution in [-0.4, -0.2) is 91.4 Å². The summed E-state index contributed by atoms with van der Waals surface area (Å²) < 4.78 is 25.6. The molecule has 1 unspecified atom stereocenters. The van der Waals surface area contributed by atoms with E-state index in [1.165, 1.54) is 11.4 Å². The van der Waals surface area contributed by atoms with Crippen molar-refractivity contribution >= 4 is 39.3 Å². The molecule has 0 radical (unpaired) electrons. The van der Waals surface area contributed by atoms with Crippen molar-refractivity contribution < 1.29 is 32.4 Å². The van der Waals surface area contributed by atoms with Crippen molar-refractivity contribution in [2.75, 3.05) is 26.4 Å². The summed E-state index contributed by atoms with van der Waals surface area (Å²) in [6, 6.07) is -2.64. The number of carbonyl (C=O) groups excluding carboxylic acids is 5. The Kier molecular flexibility index (Phi) is 13.0. The summed E-state index contributed by atoms with van der Waals surface area (Å²) in [5.74, 6) is -1.67. The van der Waals surface area contributed by atoms with E-state index in [1.807, 2.05) is 27.7 Å². The Morgan fingerprint density at radius 2 is 1.60 bits per heavy atom. The molecule has 284 valence electrons. The van der Waals surface area contributed by atoms with Gasteiger partial charge < -0.3 is 15.5 Å². The number of Topliss-reactive ketones (excluding diaryl/α,β-unsaturated/α-hetero) is 3. The molecule has 3 aliphatic carbocycles. The molecule has 1 saturated heterocycles. The summed E-state index contributed by atoms with van der Waals surface area (Å²) in [4.78, 5) is 70.9. The Morgan fingerprint density at radius 3 is 2.16 bits per heavy atom. The highest BCUT2D eigenvalue weighted by atomic mass is 32.2. The molecule has 12 heteroatoms. The molecule has 50 heavy (non-hydrogen) atoms. The van der Waals surface area contributed by atoms with Gasteiger partial charge in [-0.3, -0.25) is 19.2 Å². The van der Waals surface area contributed by atoms with Crippen LogP contribution < -0.4 is 10.6 Å². The van der Waals surface area contributed by atoms with Crippen molar-refractivity contribution in [2.24, 2.45) is 40.4 Å². The highest BCUT2D eigenvalue weighted by Crippen LogP contribution is 2.53. The number of carbonyl (C=O) groups is 5. The molecule has 11 nitrogen and oxygen atoms in total. The third kappa shape index (κ3) is 9.95. The minimum Gasteiger partial charge on any atom is -0.334 e. The van der Waals surface area contributed by atoms with Gasteiger partial charge in [0, 0.05) is 44.9 Å². The van der Waals surface area contributed by atoms with Gasteiger partial charge >= 0.3 is 6.03 Å². The second kappa shape index (κ2) is 16.1. The number of nitrogens with one attached hydrogen (secondary N) is 2. The third-order valence-electron chi connectivity index (χ3n) is 12.3. The van der Waals surface area contributed by atoms with E-state index in [4.69, 9.17) is 0 Å². The van der Waals surface area contributed by atoms with Crippen LogP contribution >= 0.6 is 0 Å². The van der Waals surface area contributed by atoms with Crippen LogP contribution in [0.25, 0.3) is 0 Å². The Hall–Kier alpha value is -2.34. The first-order valence-electron chi connectivity index (χ1n) is 19.1. The van der Waals surface area contributed by atoms with Crippen LogP contribution in [0.5, 0.6) is 0 Å². The molecule has 0 aromatic rings. The van der Waals surface area contributed by atoms with Gasteiger partial charge in [-0.25, -0.2) is 17.5 Å². The summed E-state index contributed by atoms with van der Waals surface area (Å²) >= 11 is 0. The Morgan fingerprint density at radius 1 is 0.960 bits per heavy atom. The fourth-order valence-electron chi connectivity index (χ4n) is 8.71. The lowest BCUT2D eigenvalue weighted by atomic mass is 9.78. The van der Waals surface area contributed by atoms with Gasteiger partial charge in [0.05, 0.1) is 12.3 Å². The second-order valence-electron chi connectivity index (χ2n) is 17.8. The number of amides is 3. The molecule has 0 spiro atoms. The fraction of sp³-hybridized carbons (Fsp3) is 0.868.